The maximum absolute atomic E-state index is 12.0. The van der Waals surface area contributed by atoms with Gasteiger partial charge in [0.1, 0.15) is 0 Å². The fourth-order valence-corrected chi connectivity index (χ4v) is 11.2. The molecule has 0 aromatic carbocycles. The van der Waals surface area contributed by atoms with Gasteiger partial charge in [0.15, 0.2) is 12.4 Å². The molecule has 0 spiro atoms. The summed E-state index contributed by atoms with van der Waals surface area (Å²) >= 11 is 0. The Balaban J connectivity index is 1.30. The summed E-state index contributed by atoms with van der Waals surface area (Å²) in [5, 5.41) is 21.1. The summed E-state index contributed by atoms with van der Waals surface area (Å²) in [6.45, 7) is 17.3. The molecule has 7 unspecified atom stereocenters. The molecule has 0 bridgehead atoms. The zero-order chi connectivity index (χ0) is 32.2. The van der Waals surface area contributed by atoms with E-state index in [1.54, 1.807) is 13.8 Å². The quantitative estimate of drug-likeness (QED) is 0.300. The predicted molar refractivity (Wildman–Crippen MR) is 169 cm³/mol. The first-order valence-corrected chi connectivity index (χ1v) is 17.8. The van der Waals surface area contributed by atoms with Crippen LogP contribution in [0.4, 0.5) is 0 Å². The Bertz CT molecular complexity index is 997. The predicted octanol–water partition coefficient (Wildman–Crippen LogP) is 5.60. The van der Waals surface area contributed by atoms with Gasteiger partial charge in [-0.1, -0.05) is 47.5 Å². The largest absolute Gasteiger partial charge is 0.457 e. The van der Waals surface area contributed by atoms with Crippen molar-refractivity contribution >= 4 is 5.97 Å². The summed E-state index contributed by atoms with van der Waals surface area (Å²) in [5.41, 5.74) is 6.15. The van der Waals surface area contributed by atoms with E-state index < -0.39 is 17.7 Å². The lowest BCUT2D eigenvalue weighted by Gasteiger charge is -2.51. The molecular formula is C36H63NO7. The molecule has 4 N–H and O–H groups in total. The number of nitrogens with two attached hydrogens (primary N) is 1. The molecule has 5 rings (SSSR count). The molecule has 3 saturated carbocycles. The van der Waals surface area contributed by atoms with Gasteiger partial charge in [0.25, 0.3) is 0 Å². The molecule has 8 heteroatoms. The Morgan fingerprint density at radius 1 is 1.05 bits per heavy atom. The summed E-state index contributed by atoms with van der Waals surface area (Å²) in [6.07, 6.45) is 8.40. The Morgan fingerprint density at radius 2 is 1.77 bits per heavy atom. The van der Waals surface area contributed by atoms with E-state index >= 15 is 0 Å². The first kappa shape index (κ1) is 34.6. The minimum absolute atomic E-state index is 0.0147. The molecule has 44 heavy (non-hydrogen) atoms. The summed E-state index contributed by atoms with van der Waals surface area (Å²) in [5.74, 6) is 2.41. The van der Waals surface area contributed by atoms with Gasteiger partial charge in [-0.2, -0.15) is 0 Å². The number of aliphatic hydroxyl groups is 2. The highest BCUT2D eigenvalue weighted by Gasteiger charge is 2.64. The van der Waals surface area contributed by atoms with Crippen LogP contribution in [0.1, 0.15) is 120 Å². The zero-order valence-corrected chi connectivity index (χ0v) is 28.8. The van der Waals surface area contributed by atoms with Gasteiger partial charge in [0.2, 0.25) is 0 Å². The summed E-state index contributed by atoms with van der Waals surface area (Å²) in [7, 11) is 0. The Hall–Kier alpha value is -0.770. The summed E-state index contributed by atoms with van der Waals surface area (Å²) in [6, 6.07) is -0.0805. The lowest BCUT2D eigenvalue weighted by atomic mass is 9.56. The van der Waals surface area contributed by atoms with Crippen molar-refractivity contribution in [2.24, 2.45) is 52.1 Å². The molecule has 0 aromatic heterocycles. The number of carbonyl (C=O) groups excluding carboxylic acids is 1. The molecule has 2 heterocycles. The number of fused-ring (bicyclic) bond motifs is 3. The molecule has 2 aliphatic heterocycles. The van der Waals surface area contributed by atoms with Crippen LogP contribution in [0.25, 0.3) is 0 Å². The van der Waals surface area contributed by atoms with Crippen LogP contribution in [-0.4, -0.2) is 71.2 Å². The molecule has 2 saturated heterocycles. The number of carbonyl (C=O) groups is 1. The fourth-order valence-electron chi connectivity index (χ4n) is 11.2. The molecule has 0 amide bonds. The second-order valence-electron chi connectivity index (χ2n) is 17.0. The van der Waals surface area contributed by atoms with Crippen LogP contribution in [0.3, 0.4) is 0 Å². The fraction of sp³-hybridized carbons (Fsp3) is 0.972. The van der Waals surface area contributed by atoms with Gasteiger partial charge in [-0.15, -0.1) is 0 Å². The SMILES string of the molecule is CC(=O)O[C@@H]([C@H]1C[C@@H](C)C2C(O1)C(N)C1[C@H](CCC3C(C)CC[C@H](OC4C[C@@H](O)CCO4)C3(C)C)CCC[C@@]12C)C(C)(C)O. The van der Waals surface area contributed by atoms with Crippen molar-refractivity contribution in [1.29, 1.82) is 0 Å². The normalized spacial score (nSPS) is 46.5. The molecule has 5 fully saturated rings. The molecule has 0 radical (unpaired) electrons. The molecule has 0 aromatic rings. The number of aliphatic hydroxyl groups excluding tert-OH is 1. The third-order valence-electron chi connectivity index (χ3n) is 13.1. The minimum Gasteiger partial charge on any atom is -0.457 e. The van der Waals surface area contributed by atoms with Crippen LogP contribution in [0.5, 0.6) is 0 Å². The van der Waals surface area contributed by atoms with Crippen molar-refractivity contribution < 1.29 is 34.0 Å². The molecule has 3 aliphatic carbocycles. The number of esters is 1. The third-order valence-corrected chi connectivity index (χ3v) is 13.1. The van der Waals surface area contributed by atoms with Crippen molar-refractivity contribution in [3.63, 3.8) is 0 Å². The van der Waals surface area contributed by atoms with E-state index in [4.69, 9.17) is 24.7 Å². The Kier molecular flexibility index (Phi) is 10.2. The van der Waals surface area contributed by atoms with Gasteiger partial charge < -0.3 is 34.9 Å². The maximum atomic E-state index is 12.0. The molecule has 5 aliphatic rings. The second kappa shape index (κ2) is 13.0. The third kappa shape index (κ3) is 6.64. The average molecular weight is 622 g/mol. The van der Waals surface area contributed by atoms with E-state index in [0.717, 1.165) is 32.1 Å². The monoisotopic (exact) mass is 621 g/mol. The molecular weight excluding hydrogens is 558 g/mol. The topological polar surface area (TPSA) is 120 Å². The lowest BCUT2D eigenvalue weighted by Crippen LogP contribution is -2.56. The van der Waals surface area contributed by atoms with Crippen LogP contribution in [-0.2, 0) is 23.7 Å². The lowest BCUT2D eigenvalue weighted by molar-refractivity contribution is -0.240. The van der Waals surface area contributed by atoms with E-state index in [-0.39, 0.29) is 47.6 Å². The van der Waals surface area contributed by atoms with Crippen LogP contribution >= 0.6 is 0 Å². The van der Waals surface area contributed by atoms with E-state index in [9.17, 15) is 15.0 Å². The summed E-state index contributed by atoms with van der Waals surface area (Å²) < 4.78 is 25.0. The van der Waals surface area contributed by atoms with Crippen molar-refractivity contribution in [3.8, 4) is 0 Å². The van der Waals surface area contributed by atoms with Crippen LogP contribution in [0.15, 0.2) is 0 Å². The minimum atomic E-state index is -1.21. The van der Waals surface area contributed by atoms with Gasteiger partial charge in [-0.25, -0.2) is 0 Å². The highest BCUT2D eigenvalue weighted by Crippen LogP contribution is 2.63. The van der Waals surface area contributed by atoms with Gasteiger partial charge in [-0.3, -0.25) is 4.79 Å². The number of ether oxygens (including phenoxy) is 4. The van der Waals surface area contributed by atoms with Gasteiger partial charge in [0.05, 0.1) is 36.6 Å². The highest BCUT2D eigenvalue weighted by molar-refractivity contribution is 5.66. The van der Waals surface area contributed by atoms with Gasteiger partial charge >= 0.3 is 5.97 Å². The van der Waals surface area contributed by atoms with Crippen molar-refractivity contribution in [2.45, 2.75) is 168 Å². The first-order chi connectivity index (χ1) is 20.5. The van der Waals surface area contributed by atoms with E-state index in [0.29, 0.717) is 55.0 Å². The standard InChI is InChI=1S/C36H63NO7/c1-20-11-14-27(44-28-19-24(39)15-17-41-28)34(4,5)25(20)13-12-23-10-9-16-36(8)29-21(2)18-26(43-32(29)31(37)30(23)36)33(35(6,7)40)42-22(3)38/h20-21,23-33,39-40H,9-19,37H2,1-8H3/t20?,21-,23+,24+,25?,26-,27+,28?,29?,30?,31?,32?,33+,36-/m1/s1. The summed E-state index contributed by atoms with van der Waals surface area (Å²) in [4.78, 5) is 12.0. The van der Waals surface area contributed by atoms with Gasteiger partial charge in [0, 0.05) is 19.4 Å². The number of hydrogen-bond acceptors (Lipinski definition) is 8. The first-order valence-electron chi connectivity index (χ1n) is 17.8. The second-order valence-corrected chi connectivity index (χ2v) is 17.0. The average Bonchev–Trinajstić information content (AvgIpc) is 3.15. The highest BCUT2D eigenvalue weighted by atomic mass is 16.7. The molecule has 254 valence electrons. The van der Waals surface area contributed by atoms with E-state index in [2.05, 4.69) is 34.6 Å². The van der Waals surface area contributed by atoms with E-state index in [1.807, 2.05) is 0 Å². The van der Waals surface area contributed by atoms with Crippen LogP contribution < -0.4 is 5.73 Å². The van der Waals surface area contributed by atoms with E-state index in [1.165, 1.54) is 26.2 Å². The van der Waals surface area contributed by atoms with Crippen molar-refractivity contribution in [3.05, 3.63) is 0 Å². The van der Waals surface area contributed by atoms with Gasteiger partial charge in [-0.05, 0) is 105 Å². The number of rotatable bonds is 8. The smallest absolute Gasteiger partial charge is 0.303 e. The molecule has 14 atom stereocenters. The van der Waals surface area contributed by atoms with Crippen LogP contribution in [0.2, 0.25) is 0 Å². The Labute approximate surface area is 266 Å². The number of hydrogen-bond donors (Lipinski definition) is 3. The zero-order valence-electron chi connectivity index (χ0n) is 28.8. The van der Waals surface area contributed by atoms with Crippen LogP contribution in [0, 0.1) is 46.3 Å². The van der Waals surface area contributed by atoms with Crippen molar-refractivity contribution in [1.82, 2.24) is 0 Å². The maximum Gasteiger partial charge on any atom is 0.303 e. The Morgan fingerprint density at radius 3 is 2.43 bits per heavy atom. The molecule has 8 nitrogen and oxygen atoms in total. The van der Waals surface area contributed by atoms with Crippen molar-refractivity contribution in [2.75, 3.05) is 6.61 Å².